The van der Waals surface area contributed by atoms with Crippen molar-refractivity contribution in [3.05, 3.63) is 36.5 Å². The van der Waals surface area contributed by atoms with Gasteiger partial charge in [-0.2, -0.15) is 0 Å². The molecule has 75 heavy (non-hydrogen) atoms. The predicted molar refractivity (Wildman–Crippen MR) is 323 cm³/mol. The Labute approximate surface area is 466 Å². The Bertz CT molecular complexity index is 1380. The molecule has 0 heterocycles. The van der Waals surface area contributed by atoms with Gasteiger partial charge in [0, 0.05) is 12.8 Å². The summed E-state index contributed by atoms with van der Waals surface area (Å²) in [4.78, 5) is 37.7. The standard InChI is InChI=1S/C65H125N2O7P/c1-7-10-13-16-19-22-25-27-29-31-32-33-34-36-38-40-43-46-49-52-55-58-65(69)74-63(56-53-50-47-44-41-24-21-18-15-12-9-3)62(61-73-75(70,71)72-60-59-67(4,5)6)66-64(68)57-54-51-48-45-42-39-37-35-30-28-26-23-20-17-14-11-8-2/h20,23,28,30,53,56,62-63H,7-19,21-22,24-27,29,31-52,54-55,57-61H2,1-6H3,(H-,66,68,70,71)/p+1/b23-20-,30-28-,56-53+. The van der Waals surface area contributed by atoms with E-state index in [1.165, 1.54) is 205 Å². The van der Waals surface area contributed by atoms with Crippen molar-refractivity contribution in [3.63, 3.8) is 0 Å². The van der Waals surface area contributed by atoms with Gasteiger partial charge in [-0.3, -0.25) is 18.6 Å². The second kappa shape index (κ2) is 55.5. The van der Waals surface area contributed by atoms with Crippen LogP contribution in [0.2, 0.25) is 0 Å². The molecule has 0 fully saturated rings. The number of carbonyl (C=O) groups is 2. The Hall–Kier alpha value is -1.77. The molecule has 3 atom stereocenters. The lowest BCUT2D eigenvalue weighted by atomic mass is 10.0. The fraction of sp³-hybridized carbons (Fsp3) is 0.877. The van der Waals surface area contributed by atoms with E-state index in [1.807, 2.05) is 33.3 Å². The molecule has 0 aliphatic carbocycles. The van der Waals surface area contributed by atoms with Crippen molar-refractivity contribution in [2.75, 3.05) is 40.9 Å². The number of unbranched alkanes of at least 4 members (excludes halogenated alkanes) is 39. The summed E-state index contributed by atoms with van der Waals surface area (Å²) in [6.07, 6.45) is 67.1. The van der Waals surface area contributed by atoms with Gasteiger partial charge in [-0.05, 0) is 63.9 Å². The van der Waals surface area contributed by atoms with Gasteiger partial charge < -0.3 is 19.4 Å². The number of ether oxygens (including phenoxy) is 1. The lowest BCUT2D eigenvalue weighted by Crippen LogP contribution is -2.47. The molecule has 0 saturated heterocycles. The van der Waals surface area contributed by atoms with Crippen LogP contribution >= 0.6 is 7.82 Å². The Morgan fingerprint density at radius 3 is 1.23 bits per heavy atom. The molecule has 0 aromatic rings. The maximum atomic E-state index is 13.5. The predicted octanol–water partition coefficient (Wildman–Crippen LogP) is 19.9. The van der Waals surface area contributed by atoms with Crippen molar-refractivity contribution in [3.8, 4) is 0 Å². The number of nitrogens with zero attached hydrogens (tertiary/aromatic N) is 1. The summed E-state index contributed by atoms with van der Waals surface area (Å²) in [6.45, 7) is 7.02. The van der Waals surface area contributed by atoms with E-state index < -0.39 is 20.0 Å². The van der Waals surface area contributed by atoms with Gasteiger partial charge in [0.2, 0.25) is 5.91 Å². The fourth-order valence-corrected chi connectivity index (χ4v) is 10.3. The smallest absolute Gasteiger partial charge is 0.456 e. The van der Waals surface area contributed by atoms with Crippen molar-refractivity contribution in [2.24, 2.45) is 0 Å². The number of phosphoric acid groups is 1. The number of phosphoric ester groups is 1. The second-order valence-electron chi connectivity index (χ2n) is 23.3. The van der Waals surface area contributed by atoms with Crippen LogP contribution in [0.4, 0.5) is 0 Å². The maximum Gasteiger partial charge on any atom is 0.472 e. The van der Waals surface area contributed by atoms with E-state index in [2.05, 4.69) is 50.4 Å². The third-order valence-corrected chi connectivity index (χ3v) is 15.6. The van der Waals surface area contributed by atoms with E-state index in [1.54, 1.807) is 0 Å². The van der Waals surface area contributed by atoms with E-state index >= 15 is 0 Å². The van der Waals surface area contributed by atoms with Crippen LogP contribution in [0.1, 0.15) is 316 Å². The lowest BCUT2D eigenvalue weighted by Gasteiger charge is -2.27. The number of allylic oxidation sites excluding steroid dienone is 5. The van der Waals surface area contributed by atoms with Crippen molar-refractivity contribution < 1.29 is 37.3 Å². The number of esters is 1. The van der Waals surface area contributed by atoms with Crippen LogP contribution in [-0.4, -0.2) is 74.3 Å². The maximum absolute atomic E-state index is 13.5. The van der Waals surface area contributed by atoms with Crippen LogP contribution in [0, 0.1) is 0 Å². The fourth-order valence-electron chi connectivity index (χ4n) is 9.56. The molecule has 10 heteroatoms. The van der Waals surface area contributed by atoms with Crippen molar-refractivity contribution >= 4 is 19.7 Å². The molecule has 0 aliphatic rings. The van der Waals surface area contributed by atoms with Gasteiger partial charge in [-0.1, -0.05) is 276 Å². The summed E-state index contributed by atoms with van der Waals surface area (Å²) in [6, 6.07) is -0.848. The number of amides is 1. The van der Waals surface area contributed by atoms with Gasteiger partial charge in [0.25, 0.3) is 0 Å². The van der Waals surface area contributed by atoms with Gasteiger partial charge >= 0.3 is 13.8 Å². The Kier molecular flexibility index (Phi) is 54.2. The molecular weight excluding hydrogens is 952 g/mol. The summed E-state index contributed by atoms with van der Waals surface area (Å²) >= 11 is 0. The third kappa shape index (κ3) is 56.8. The van der Waals surface area contributed by atoms with Crippen LogP contribution in [0.5, 0.6) is 0 Å². The number of nitrogens with one attached hydrogen (secondary N) is 1. The molecule has 0 saturated carbocycles. The van der Waals surface area contributed by atoms with E-state index in [9.17, 15) is 19.0 Å². The third-order valence-electron chi connectivity index (χ3n) is 14.6. The highest BCUT2D eigenvalue weighted by atomic mass is 31.2. The molecule has 9 nitrogen and oxygen atoms in total. The van der Waals surface area contributed by atoms with Gasteiger partial charge in [-0.25, -0.2) is 4.57 Å². The monoisotopic (exact) mass is 1080 g/mol. The number of hydrogen-bond donors (Lipinski definition) is 2. The number of carbonyl (C=O) groups excluding carboxylic acids is 2. The topological polar surface area (TPSA) is 111 Å². The van der Waals surface area contributed by atoms with Crippen LogP contribution < -0.4 is 5.32 Å². The van der Waals surface area contributed by atoms with Crippen LogP contribution in [0.15, 0.2) is 36.5 Å². The Morgan fingerprint density at radius 2 is 0.813 bits per heavy atom. The Balaban J connectivity index is 5.14. The minimum absolute atomic E-state index is 0.0407. The number of rotatable bonds is 59. The van der Waals surface area contributed by atoms with Gasteiger partial charge in [-0.15, -0.1) is 0 Å². The summed E-state index contributed by atoms with van der Waals surface area (Å²) in [7, 11) is 1.50. The summed E-state index contributed by atoms with van der Waals surface area (Å²) < 4.78 is 30.7. The average Bonchev–Trinajstić information content (AvgIpc) is 3.37. The molecule has 442 valence electrons. The zero-order chi connectivity index (χ0) is 55.0. The molecule has 1 amide bonds. The quantitative estimate of drug-likeness (QED) is 0.0205. The summed E-state index contributed by atoms with van der Waals surface area (Å²) in [5.74, 6) is -0.500. The number of quaternary nitrogens is 1. The highest BCUT2D eigenvalue weighted by Gasteiger charge is 2.30. The highest BCUT2D eigenvalue weighted by Crippen LogP contribution is 2.43. The summed E-state index contributed by atoms with van der Waals surface area (Å²) in [5, 5.41) is 3.06. The SMILES string of the molecule is CCCCC/C=C\C/C=C\CCCCCCCCCC(=O)NC(COP(=O)(O)OCC[N+](C)(C)C)C(/C=C/CCCCCCCCCCC)OC(=O)CCCCCCCCCCCCCCCCCCCCCCC. The molecule has 0 bridgehead atoms. The number of likely N-dealkylation sites (N-methyl/N-ethyl adjacent to an activating group) is 1. The Morgan fingerprint density at radius 1 is 0.467 bits per heavy atom. The van der Waals surface area contributed by atoms with Crippen LogP contribution in [0.25, 0.3) is 0 Å². The molecule has 3 unspecified atom stereocenters. The first-order chi connectivity index (χ1) is 36.4. The largest absolute Gasteiger partial charge is 0.472 e. The zero-order valence-corrected chi connectivity index (χ0v) is 51.5. The molecule has 0 rings (SSSR count). The second-order valence-corrected chi connectivity index (χ2v) is 24.7. The zero-order valence-electron chi connectivity index (χ0n) is 50.6. The first-order valence-corrected chi connectivity index (χ1v) is 33.8. The first kappa shape index (κ1) is 73.2. The van der Waals surface area contributed by atoms with Gasteiger partial charge in [0.1, 0.15) is 19.3 Å². The van der Waals surface area contributed by atoms with Crippen LogP contribution in [0.3, 0.4) is 0 Å². The normalized spacial score (nSPS) is 13.9. The molecule has 0 aromatic heterocycles. The lowest BCUT2D eigenvalue weighted by molar-refractivity contribution is -0.870. The van der Waals surface area contributed by atoms with Crippen molar-refractivity contribution in [1.29, 1.82) is 0 Å². The van der Waals surface area contributed by atoms with E-state index in [0.717, 1.165) is 77.0 Å². The van der Waals surface area contributed by atoms with Crippen molar-refractivity contribution in [1.82, 2.24) is 5.32 Å². The average molecular weight is 1080 g/mol. The van der Waals surface area contributed by atoms with E-state index in [0.29, 0.717) is 23.9 Å². The molecular formula is C65H126N2O7P+. The first-order valence-electron chi connectivity index (χ1n) is 32.3. The highest BCUT2D eigenvalue weighted by molar-refractivity contribution is 7.47. The molecule has 0 aliphatic heterocycles. The molecule has 2 N–H and O–H groups in total. The minimum Gasteiger partial charge on any atom is -0.456 e. The molecule has 0 radical (unpaired) electrons. The van der Waals surface area contributed by atoms with Gasteiger partial charge in [0.05, 0.1) is 33.8 Å². The van der Waals surface area contributed by atoms with E-state index in [-0.39, 0.29) is 25.1 Å². The number of hydrogen-bond acceptors (Lipinski definition) is 6. The van der Waals surface area contributed by atoms with E-state index in [4.69, 9.17) is 13.8 Å². The molecule has 0 spiro atoms. The molecule has 0 aromatic carbocycles. The van der Waals surface area contributed by atoms with Crippen LogP contribution in [-0.2, 0) is 27.9 Å². The summed E-state index contributed by atoms with van der Waals surface area (Å²) in [5.41, 5.74) is 0. The van der Waals surface area contributed by atoms with Crippen molar-refractivity contribution in [2.45, 2.75) is 328 Å². The minimum atomic E-state index is -4.45. The van der Waals surface area contributed by atoms with Gasteiger partial charge in [0.15, 0.2) is 0 Å².